The Kier molecular flexibility index (Phi) is 5.61. The Balaban J connectivity index is 1.64. The average Bonchev–Trinajstić information content (AvgIpc) is 3.06. The zero-order valence-electron chi connectivity index (χ0n) is 13.8. The summed E-state index contributed by atoms with van der Waals surface area (Å²) in [5.74, 6) is 0. The van der Waals surface area contributed by atoms with Crippen molar-refractivity contribution in [3.8, 4) is 0 Å². The molecule has 2 aromatic carbocycles. The van der Waals surface area contributed by atoms with Crippen molar-refractivity contribution in [1.82, 2.24) is 4.72 Å². The van der Waals surface area contributed by atoms with Crippen molar-refractivity contribution in [3.63, 3.8) is 0 Å². The van der Waals surface area contributed by atoms with Gasteiger partial charge in [-0.2, -0.15) is 0 Å². The summed E-state index contributed by atoms with van der Waals surface area (Å²) in [7, 11) is -3.60. The van der Waals surface area contributed by atoms with Gasteiger partial charge in [0.05, 0.1) is 6.54 Å². The van der Waals surface area contributed by atoms with Crippen molar-refractivity contribution in [1.29, 1.82) is 0 Å². The van der Waals surface area contributed by atoms with Crippen LogP contribution in [0.2, 0.25) is 5.02 Å². The Hall–Kier alpha value is -2.35. The second-order valence-corrected chi connectivity index (χ2v) is 7.74. The van der Waals surface area contributed by atoms with E-state index in [2.05, 4.69) is 4.72 Å². The number of ether oxygens (including phenoxy) is 1. The SMILES string of the molecule is O=C1OCCN1c1cccc(CNS(=O)(=O)/C=C\c2ccc(Cl)cc2)c1. The van der Waals surface area contributed by atoms with Crippen molar-refractivity contribution in [2.24, 2.45) is 0 Å². The van der Waals surface area contributed by atoms with Crippen molar-refractivity contribution in [2.75, 3.05) is 18.1 Å². The molecule has 1 aliphatic rings. The molecule has 1 aliphatic heterocycles. The van der Waals surface area contributed by atoms with E-state index in [-0.39, 0.29) is 6.54 Å². The highest BCUT2D eigenvalue weighted by Crippen LogP contribution is 2.20. The summed E-state index contributed by atoms with van der Waals surface area (Å²) >= 11 is 5.80. The van der Waals surface area contributed by atoms with Crippen LogP contribution in [-0.4, -0.2) is 27.7 Å². The van der Waals surface area contributed by atoms with Gasteiger partial charge in [-0.3, -0.25) is 4.90 Å². The third-order valence-electron chi connectivity index (χ3n) is 3.77. The van der Waals surface area contributed by atoms with Gasteiger partial charge in [0.2, 0.25) is 10.0 Å². The molecule has 0 bridgehead atoms. The van der Waals surface area contributed by atoms with Crippen LogP contribution in [-0.2, 0) is 21.3 Å². The van der Waals surface area contributed by atoms with E-state index in [0.717, 1.165) is 16.5 Å². The lowest BCUT2D eigenvalue weighted by molar-refractivity contribution is 0.181. The number of hydrogen-bond donors (Lipinski definition) is 1. The zero-order valence-corrected chi connectivity index (χ0v) is 15.3. The smallest absolute Gasteiger partial charge is 0.414 e. The monoisotopic (exact) mass is 392 g/mol. The molecule has 3 rings (SSSR count). The van der Waals surface area contributed by atoms with Gasteiger partial charge in [-0.15, -0.1) is 0 Å². The highest BCUT2D eigenvalue weighted by Gasteiger charge is 2.23. The van der Waals surface area contributed by atoms with E-state index in [4.69, 9.17) is 16.3 Å². The lowest BCUT2D eigenvalue weighted by Crippen LogP contribution is -2.24. The van der Waals surface area contributed by atoms with Crippen LogP contribution in [0.1, 0.15) is 11.1 Å². The summed E-state index contributed by atoms with van der Waals surface area (Å²) in [6, 6.07) is 13.9. The number of nitrogens with zero attached hydrogens (tertiary/aromatic N) is 1. The van der Waals surface area contributed by atoms with Gasteiger partial charge in [0.1, 0.15) is 6.61 Å². The Labute approximate surface area is 157 Å². The number of carbonyl (C=O) groups is 1. The molecule has 1 fully saturated rings. The van der Waals surface area contributed by atoms with Gasteiger partial charge in [0, 0.05) is 22.7 Å². The minimum atomic E-state index is -3.60. The van der Waals surface area contributed by atoms with E-state index in [1.165, 1.54) is 11.0 Å². The molecule has 0 unspecified atom stereocenters. The molecule has 0 atom stereocenters. The largest absolute Gasteiger partial charge is 0.447 e. The van der Waals surface area contributed by atoms with E-state index in [1.54, 1.807) is 48.5 Å². The van der Waals surface area contributed by atoms with Gasteiger partial charge in [0.25, 0.3) is 0 Å². The van der Waals surface area contributed by atoms with E-state index in [9.17, 15) is 13.2 Å². The first-order chi connectivity index (χ1) is 12.4. The number of benzene rings is 2. The Morgan fingerprint density at radius 3 is 2.65 bits per heavy atom. The van der Waals surface area contributed by atoms with E-state index in [1.807, 2.05) is 0 Å². The van der Waals surface area contributed by atoms with Crippen LogP contribution in [0.15, 0.2) is 53.9 Å². The summed E-state index contributed by atoms with van der Waals surface area (Å²) in [5, 5.41) is 1.70. The highest BCUT2D eigenvalue weighted by molar-refractivity contribution is 7.92. The topological polar surface area (TPSA) is 75.7 Å². The molecular weight excluding hydrogens is 376 g/mol. The van der Waals surface area contributed by atoms with E-state index < -0.39 is 16.1 Å². The molecule has 2 aromatic rings. The zero-order chi connectivity index (χ0) is 18.6. The lowest BCUT2D eigenvalue weighted by Gasteiger charge is -2.13. The second-order valence-electron chi connectivity index (χ2n) is 5.66. The molecule has 0 saturated carbocycles. The third kappa shape index (κ3) is 4.85. The first-order valence-electron chi connectivity index (χ1n) is 7.89. The molecule has 0 radical (unpaired) electrons. The maximum atomic E-state index is 12.1. The lowest BCUT2D eigenvalue weighted by atomic mass is 10.2. The van der Waals surface area contributed by atoms with Gasteiger partial charge >= 0.3 is 6.09 Å². The molecule has 0 aliphatic carbocycles. The van der Waals surface area contributed by atoms with Crippen LogP contribution < -0.4 is 9.62 Å². The summed E-state index contributed by atoms with van der Waals surface area (Å²) in [6.45, 7) is 0.951. The van der Waals surface area contributed by atoms with Crippen LogP contribution in [0.4, 0.5) is 10.5 Å². The molecular formula is C18H17ClN2O4S. The Morgan fingerprint density at radius 2 is 1.96 bits per heavy atom. The van der Waals surface area contributed by atoms with Gasteiger partial charge in [-0.05, 0) is 41.5 Å². The first-order valence-corrected chi connectivity index (χ1v) is 9.82. The molecule has 6 nitrogen and oxygen atoms in total. The van der Waals surface area contributed by atoms with E-state index in [0.29, 0.717) is 23.9 Å². The standard InChI is InChI=1S/C18H17ClN2O4S/c19-16-6-4-14(5-7-16)8-11-26(23,24)20-13-15-2-1-3-17(12-15)21-9-10-25-18(21)22/h1-8,11-12,20H,9-10,13H2/b11-8-. The summed E-state index contributed by atoms with van der Waals surface area (Å²) in [6.07, 6.45) is 1.10. The van der Waals surface area contributed by atoms with Gasteiger partial charge in [-0.1, -0.05) is 35.9 Å². The molecule has 8 heteroatoms. The number of sulfonamides is 1. The average molecular weight is 393 g/mol. The number of carbonyl (C=O) groups excluding carboxylic acids is 1. The van der Waals surface area contributed by atoms with Crippen molar-refractivity contribution < 1.29 is 17.9 Å². The summed E-state index contributed by atoms with van der Waals surface area (Å²) < 4.78 is 31.7. The van der Waals surface area contributed by atoms with Crippen LogP contribution in [0, 0.1) is 0 Å². The molecule has 1 heterocycles. The number of anilines is 1. The van der Waals surface area contributed by atoms with Crippen LogP contribution in [0.3, 0.4) is 0 Å². The fourth-order valence-corrected chi connectivity index (χ4v) is 3.36. The van der Waals surface area contributed by atoms with Crippen LogP contribution in [0.25, 0.3) is 6.08 Å². The maximum absolute atomic E-state index is 12.1. The molecule has 136 valence electrons. The molecule has 1 saturated heterocycles. The normalized spacial score (nSPS) is 14.8. The molecule has 1 N–H and O–H groups in total. The minimum absolute atomic E-state index is 0.115. The fraction of sp³-hybridized carbons (Fsp3) is 0.167. The molecule has 26 heavy (non-hydrogen) atoms. The van der Waals surface area contributed by atoms with Crippen LogP contribution in [0.5, 0.6) is 0 Å². The van der Waals surface area contributed by atoms with Crippen molar-refractivity contribution in [2.45, 2.75) is 6.54 Å². The van der Waals surface area contributed by atoms with Crippen molar-refractivity contribution >= 4 is 39.5 Å². The second kappa shape index (κ2) is 7.90. The van der Waals surface area contributed by atoms with Gasteiger partial charge in [-0.25, -0.2) is 17.9 Å². The van der Waals surface area contributed by atoms with Crippen LogP contribution >= 0.6 is 11.6 Å². The van der Waals surface area contributed by atoms with Gasteiger partial charge in [0.15, 0.2) is 0 Å². The number of nitrogens with one attached hydrogen (secondary N) is 1. The third-order valence-corrected chi connectivity index (χ3v) is 5.06. The Morgan fingerprint density at radius 1 is 1.19 bits per heavy atom. The minimum Gasteiger partial charge on any atom is -0.447 e. The quantitative estimate of drug-likeness (QED) is 0.817. The Bertz CT molecular complexity index is 926. The molecule has 1 amide bonds. The summed E-state index contributed by atoms with van der Waals surface area (Å²) in [5.41, 5.74) is 2.15. The van der Waals surface area contributed by atoms with Crippen molar-refractivity contribution in [3.05, 3.63) is 70.1 Å². The summed E-state index contributed by atoms with van der Waals surface area (Å²) in [4.78, 5) is 13.1. The number of amides is 1. The van der Waals surface area contributed by atoms with E-state index >= 15 is 0 Å². The predicted molar refractivity (Wildman–Crippen MR) is 101 cm³/mol. The first kappa shape index (κ1) is 18.4. The van der Waals surface area contributed by atoms with Gasteiger partial charge < -0.3 is 4.74 Å². The number of halogens is 1. The molecule has 0 aromatic heterocycles. The number of hydrogen-bond acceptors (Lipinski definition) is 4. The molecule has 0 spiro atoms. The number of cyclic esters (lactones) is 1. The number of rotatable bonds is 6. The highest BCUT2D eigenvalue weighted by atomic mass is 35.5. The fourth-order valence-electron chi connectivity index (χ4n) is 2.44. The predicted octanol–water partition coefficient (Wildman–Crippen LogP) is 3.39. The maximum Gasteiger partial charge on any atom is 0.414 e.